The number of rotatable bonds is 7. The average molecular weight is 381 g/mol. The summed E-state index contributed by atoms with van der Waals surface area (Å²) in [6.45, 7) is 3.89. The van der Waals surface area contributed by atoms with Crippen LogP contribution in [-0.2, 0) is 20.8 Å². The highest BCUT2D eigenvalue weighted by atomic mass is 16.7. The number of carboxylic acids is 1. The van der Waals surface area contributed by atoms with E-state index in [1.165, 1.54) is 35.6 Å². The van der Waals surface area contributed by atoms with Crippen LogP contribution in [0, 0.1) is 0 Å². The van der Waals surface area contributed by atoms with Crippen LogP contribution in [0.5, 0.6) is 0 Å². The Morgan fingerprint density at radius 2 is 1.86 bits per heavy atom. The molecule has 0 aliphatic carbocycles. The predicted molar refractivity (Wildman–Crippen MR) is 102 cm³/mol. The number of hydrogen-bond donors (Lipinski definition) is 1. The lowest BCUT2D eigenvalue weighted by Gasteiger charge is -2.23. The number of amides is 1. The molecule has 2 aromatic carbocycles. The molecule has 0 saturated carbocycles. The summed E-state index contributed by atoms with van der Waals surface area (Å²) in [5.74, 6) is -1.13. The molecular formula is C21H19NO6. The maximum atomic E-state index is 12.7. The fourth-order valence-electron chi connectivity index (χ4n) is 2.66. The third-order valence-electron chi connectivity index (χ3n) is 3.97. The summed E-state index contributed by atoms with van der Waals surface area (Å²) in [4.78, 5) is 25.5. The highest BCUT2D eigenvalue weighted by Gasteiger charge is 2.23. The van der Waals surface area contributed by atoms with Gasteiger partial charge in [0.25, 0.3) is 6.29 Å². The van der Waals surface area contributed by atoms with Gasteiger partial charge in [-0.1, -0.05) is 36.4 Å². The Kier molecular flexibility index (Phi) is 5.96. The van der Waals surface area contributed by atoms with Crippen molar-refractivity contribution in [3.05, 3.63) is 90.4 Å². The first-order valence-electron chi connectivity index (χ1n) is 8.52. The van der Waals surface area contributed by atoms with Crippen molar-refractivity contribution in [1.82, 2.24) is 0 Å². The van der Waals surface area contributed by atoms with Gasteiger partial charge in [0.1, 0.15) is 19.1 Å². The first-order valence-corrected chi connectivity index (χ1v) is 8.52. The lowest BCUT2D eigenvalue weighted by molar-refractivity contribution is -0.0246. The van der Waals surface area contributed by atoms with Crippen LogP contribution in [0.25, 0.3) is 0 Å². The summed E-state index contributed by atoms with van der Waals surface area (Å²) in [6.07, 6.45) is 2.87. The minimum atomic E-state index is -1.13. The summed E-state index contributed by atoms with van der Waals surface area (Å²) in [5, 5.41) is 9.43. The van der Waals surface area contributed by atoms with Crippen molar-refractivity contribution in [2.24, 2.45) is 0 Å². The van der Waals surface area contributed by atoms with Crippen LogP contribution in [0.3, 0.4) is 0 Å². The Labute approximate surface area is 162 Å². The molecule has 2 aromatic rings. The molecule has 0 atom stereocenters. The number of hydrogen-bond acceptors (Lipinski definition) is 5. The van der Waals surface area contributed by atoms with Crippen LogP contribution >= 0.6 is 0 Å². The van der Waals surface area contributed by atoms with Gasteiger partial charge in [0.15, 0.2) is 0 Å². The molecular weight excluding hydrogens is 362 g/mol. The summed E-state index contributed by atoms with van der Waals surface area (Å²) in [6, 6.07) is 13.7. The monoisotopic (exact) mass is 381 g/mol. The van der Waals surface area contributed by atoms with E-state index >= 15 is 0 Å². The van der Waals surface area contributed by atoms with E-state index in [9.17, 15) is 14.7 Å². The first kappa shape index (κ1) is 19.0. The molecule has 0 saturated heterocycles. The minimum absolute atomic E-state index is 0.00322. The molecule has 3 rings (SSSR count). The molecule has 0 spiro atoms. The Hall–Kier alpha value is -3.74. The number of carbonyl (C=O) groups is 2. The van der Waals surface area contributed by atoms with Gasteiger partial charge in [0, 0.05) is 17.8 Å². The van der Waals surface area contributed by atoms with Gasteiger partial charge in [-0.25, -0.2) is 9.59 Å². The number of nitrogens with zero attached hydrogens (tertiary/aromatic N) is 1. The zero-order valence-electron chi connectivity index (χ0n) is 15.0. The van der Waals surface area contributed by atoms with E-state index < -0.39 is 18.4 Å². The van der Waals surface area contributed by atoms with E-state index in [0.29, 0.717) is 11.3 Å². The number of ether oxygens (including phenoxy) is 3. The SMILES string of the molecule is C=CCN(C(=O)OCc1ccccc1)c1cc(C(=O)O)cc(C2OC=CO2)c1. The van der Waals surface area contributed by atoms with Crippen molar-refractivity contribution < 1.29 is 28.9 Å². The normalized spacial score (nSPS) is 12.7. The molecule has 28 heavy (non-hydrogen) atoms. The Morgan fingerprint density at radius 3 is 2.50 bits per heavy atom. The third kappa shape index (κ3) is 4.50. The van der Waals surface area contributed by atoms with E-state index in [4.69, 9.17) is 14.2 Å². The number of aromatic carboxylic acids is 1. The van der Waals surface area contributed by atoms with Crippen LogP contribution < -0.4 is 4.90 Å². The number of carboxylic acid groups (broad SMARTS) is 1. The van der Waals surface area contributed by atoms with E-state index in [0.717, 1.165) is 5.56 Å². The molecule has 0 radical (unpaired) electrons. The van der Waals surface area contributed by atoms with Gasteiger partial charge in [-0.15, -0.1) is 6.58 Å². The van der Waals surface area contributed by atoms with Crippen LogP contribution in [0.4, 0.5) is 10.5 Å². The maximum absolute atomic E-state index is 12.7. The number of anilines is 1. The molecule has 144 valence electrons. The van der Waals surface area contributed by atoms with Gasteiger partial charge in [-0.2, -0.15) is 0 Å². The quantitative estimate of drug-likeness (QED) is 0.723. The molecule has 0 aromatic heterocycles. The van der Waals surface area contributed by atoms with Crippen molar-refractivity contribution in [2.45, 2.75) is 12.9 Å². The Morgan fingerprint density at radius 1 is 1.14 bits per heavy atom. The van der Waals surface area contributed by atoms with Gasteiger partial charge < -0.3 is 19.3 Å². The van der Waals surface area contributed by atoms with Crippen molar-refractivity contribution in [2.75, 3.05) is 11.4 Å². The second-order valence-electron chi connectivity index (χ2n) is 5.93. The zero-order valence-corrected chi connectivity index (χ0v) is 15.0. The highest BCUT2D eigenvalue weighted by molar-refractivity contribution is 5.93. The van der Waals surface area contributed by atoms with Gasteiger partial charge >= 0.3 is 12.1 Å². The zero-order chi connectivity index (χ0) is 19.9. The molecule has 7 nitrogen and oxygen atoms in total. The number of benzene rings is 2. The van der Waals surface area contributed by atoms with Crippen LogP contribution in [0.15, 0.2) is 73.7 Å². The first-order chi connectivity index (χ1) is 13.6. The fourth-order valence-corrected chi connectivity index (χ4v) is 2.66. The standard InChI is InChI=1S/C21H19NO6/c1-2-8-22(21(25)28-14-15-6-4-3-5-7-15)18-12-16(19(23)24)11-17(13-18)20-26-9-10-27-20/h2-7,9-13,20H,1,8,14H2,(H,23,24). The lowest BCUT2D eigenvalue weighted by Crippen LogP contribution is -2.32. The molecule has 0 fully saturated rings. The Balaban J connectivity index is 1.86. The molecule has 1 amide bonds. The summed E-state index contributed by atoms with van der Waals surface area (Å²) >= 11 is 0. The molecule has 0 bridgehead atoms. The van der Waals surface area contributed by atoms with Gasteiger partial charge in [-0.3, -0.25) is 4.90 Å². The largest absolute Gasteiger partial charge is 0.478 e. The molecule has 7 heteroatoms. The van der Waals surface area contributed by atoms with Crippen LogP contribution in [-0.4, -0.2) is 23.7 Å². The third-order valence-corrected chi connectivity index (χ3v) is 3.97. The van der Waals surface area contributed by atoms with Crippen molar-refractivity contribution in [3.63, 3.8) is 0 Å². The van der Waals surface area contributed by atoms with Crippen molar-refractivity contribution >= 4 is 17.7 Å². The second-order valence-corrected chi connectivity index (χ2v) is 5.93. The second kappa shape index (κ2) is 8.77. The smallest absolute Gasteiger partial charge is 0.414 e. The van der Waals surface area contributed by atoms with Crippen LogP contribution in [0.2, 0.25) is 0 Å². The van der Waals surface area contributed by atoms with E-state index in [1.54, 1.807) is 6.07 Å². The van der Waals surface area contributed by atoms with Crippen LogP contribution in [0.1, 0.15) is 27.8 Å². The summed E-state index contributed by atoms with van der Waals surface area (Å²) in [5.41, 5.74) is 1.64. The van der Waals surface area contributed by atoms with Gasteiger partial charge in [0.2, 0.25) is 0 Å². The minimum Gasteiger partial charge on any atom is -0.478 e. The lowest BCUT2D eigenvalue weighted by atomic mass is 10.1. The summed E-state index contributed by atoms with van der Waals surface area (Å²) < 4.78 is 15.9. The van der Waals surface area contributed by atoms with Gasteiger partial charge in [0.05, 0.1) is 5.56 Å². The fraction of sp³-hybridized carbons (Fsp3) is 0.143. The highest BCUT2D eigenvalue weighted by Crippen LogP contribution is 2.29. The van der Waals surface area contributed by atoms with Crippen molar-refractivity contribution in [3.8, 4) is 0 Å². The molecule has 1 aliphatic rings. The maximum Gasteiger partial charge on any atom is 0.414 e. The van der Waals surface area contributed by atoms with Crippen molar-refractivity contribution in [1.29, 1.82) is 0 Å². The van der Waals surface area contributed by atoms with E-state index in [1.807, 2.05) is 30.3 Å². The average Bonchev–Trinajstić information content (AvgIpc) is 3.25. The number of carbonyl (C=O) groups excluding carboxylic acids is 1. The van der Waals surface area contributed by atoms with Gasteiger partial charge in [-0.05, 0) is 23.8 Å². The molecule has 1 aliphatic heterocycles. The van der Waals surface area contributed by atoms with E-state index in [2.05, 4.69) is 6.58 Å². The molecule has 1 heterocycles. The Bertz CT molecular complexity index is 885. The van der Waals surface area contributed by atoms with E-state index in [-0.39, 0.29) is 18.7 Å². The molecule has 1 N–H and O–H groups in total. The summed E-state index contributed by atoms with van der Waals surface area (Å²) in [7, 11) is 0. The predicted octanol–water partition coefficient (Wildman–Crippen LogP) is 4.23. The topological polar surface area (TPSA) is 85.3 Å². The molecule has 0 unspecified atom stereocenters.